The van der Waals surface area contributed by atoms with Gasteiger partial charge in [0, 0.05) is 0 Å². The van der Waals surface area contributed by atoms with Gasteiger partial charge in [-0.1, -0.05) is 42.5 Å². The largest absolute Gasteiger partial charge is 0.489 e. The molecule has 0 saturated heterocycles. The average Bonchev–Trinajstić information content (AvgIpc) is 3.08. The molecule has 0 atom stereocenters. The van der Waals surface area contributed by atoms with Crippen LogP contribution in [0.4, 0.5) is 0 Å². The minimum absolute atomic E-state index is 0.290. The first-order chi connectivity index (χ1) is 11.8. The maximum atomic E-state index is 5.97. The first kappa shape index (κ1) is 14.6. The molecule has 1 heterocycles. The topological polar surface area (TPSA) is 27.7 Å². The first-order valence-electron chi connectivity index (χ1n) is 7.96. The molecule has 3 aromatic rings. The molecule has 4 rings (SSSR count). The second-order valence-electron chi connectivity index (χ2n) is 5.88. The van der Waals surface area contributed by atoms with E-state index in [-0.39, 0.29) is 6.79 Å². The third-order valence-corrected chi connectivity index (χ3v) is 4.01. The van der Waals surface area contributed by atoms with Crippen LogP contribution in [0, 0.1) is 6.92 Å². The lowest BCUT2D eigenvalue weighted by Gasteiger charge is -2.11. The van der Waals surface area contributed by atoms with Crippen LogP contribution in [0.15, 0.2) is 66.7 Å². The van der Waals surface area contributed by atoms with Crippen molar-refractivity contribution in [2.45, 2.75) is 13.5 Å². The van der Waals surface area contributed by atoms with E-state index in [9.17, 15) is 0 Å². The Morgan fingerprint density at radius 3 is 2.54 bits per heavy atom. The Balaban J connectivity index is 1.59. The van der Waals surface area contributed by atoms with E-state index in [0.29, 0.717) is 6.61 Å². The summed E-state index contributed by atoms with van der Waals surface area (Å²) in [6, 6.07) is 22.4. The number of hydrogen-bond acceptors (Lipinski definition) is 3. The lowest BCUT2D eigenvalue weighted by Crippen LogP contribution is -1.95. The number of aryl methyl sites for hydroxylation is 1. The zero-order valence-corrected chi connectivity index (χ0v) is 13.5. The maximum absolute atomic E-state index is 5.97. The molecule has 120 valence electrons. The molecule has 24 heavy (non-hydrogen) atoms. The summed E-state index contributed by atoms with van der Waals surface area (Å²) in [7, 11) is 0. The molecule has 3 heteroatoms. The fourth-order valence-electron chi connectivity index (χ4n) is 2.81. The van der Waals surface area contributed by atoms with Gasteiger partial charge in [-0.2, -0.15) is 0 Å². The summed E-state index contributed by atoms with van der Waals surface area (Å²) in [5.74, 6) is 2.46. The highest BCUT2D eigenvalue weighted by Gasteiger charge is 2.14. The van der Waals surface area contributed by atoms with Crippen LogP contribution in [-0.4, -0.2) is 6.79 Å². The molecule has 0 N–H and O–H groups in total. The molecule has 1 aliphatic heterocycles. The van der Waals surface area contributed by atoms with Crippen molar-refractivity contribution in [3.63, 3.8) is 0 Å². The monoisotopic (exact) mass is 318 g/mol. The highest BCUT2D eigenvalue weighted by molar-refractivity contribution is 5.69. The van der Waals surface area contributed by atoms with Gasteiger partial charge >= 0.3 is 0 Å². The van der Waals surface area contributed by atoms with Crippen molar-refractivity contribution in [3.8, 4) is 28.4 Å². The third-order valence-electron chi connectivity index (χ3n) is 4.01. The summed E-state index contributed by atoms with van der Waals surface area (Å²) < 4.78 is 16.8. The minimum atomic E-state index is 0.290. The standard InChI is InChI=1S/C21H18O3/c1-15-9-18(17-7-8-20-21(12-17)24-14-23-20)11-19(10-15)22-13-16-5-3-2-4-6-16/h2-12H,13-14H2,1H3. The van der Waals surface area contributed by atoms with Crippen LogP contribution in [0.3, 0.4) is 0 Å². The Hall–Kier alpha value is -2.94. The second kappa shape index (κ2) is 6.28. The molecule has 0 aromatic heterocycles. The quantitative estimate of drug-likeness (QED) is 0.680. The Bertz CT molecular complexity index is 856. The van der Waals surface area contributed by atoms with E-state index in [1.165, 1.54) is 0 Å². The van der Waals surface area contributed by atoms with E-state index in [1.807, 2.05) is 36.4 Å². The van der Waals surface area contributed by atoms with Crippen molar-refractivity contribution in [2.75, 3.05) is 6.79 Å². The van der Waals surface area contributed by atoms with E-state index in [1.54, 1.807) is 0 Å². The van der Waals surface area contributed by atoms with Crippen LogP contribution < -0.4 is 14.2 Å². The predicted molar refractivity (Wildman–Crippen MR) is 93.5 cm³/mol. The van der Waals surface area contributed by atoms with E-state index < -0.39 is 0 Å². The van der Waals surface area contributed by atoms with Gasteiger partial charge in [-0.25, -0.2) is 0 Å². The van der Waals surface area contributed by atoms with Crippen LogP contribution in [0.1, 0.15) is 11.1 Å². The van der Waals surface area contributed by atoms with Crippen molar-refractivity contribution in [3.05, 3.63) is 77.9 Å². The summed E-state index contributed by atoms with van der Waals surface area (Å²) in [5, 5.41) is 0. The zero-order chi connectivity index (χ0) is 16.4. The number of rotatable bonds is 4. The van der Waals surface area contributed by atoms with Crippen molar-refractivity contribution < 1.29 is 14.2 Å². The van der Waals surface area contributed by atoms with Gasteiger partial charge in [-0.3, -0.25) is 0 Å². The SMILES string of the molecule is Cc1cc(OCc2ccccc2)cc(-c2ccc3c(c2)OCO3)c1. The molecule has 0 bridgehead atoms. The van der Waals surface area contributed by atoms with E-state index >= 15 is 0 Å². The summed E-state index contributed by atoms with van der Waals surface area (Å²) in [5.41, 5.74) is 4.51. The van der Waals surface area contributed by atoms with Gasteiger partial charge in [-0.15, -0.1) is 0 Å². The van der Waals surface area contributed by atoms with E-state index in [4.69, 9.17) is 14.2 Å². The Labute approximate surface area is 141 Å². The van der Waals surface area contributed by atoms with Gasteiger partial charge in [-0.05, 0) is 53.4 Å². The molecule has 0 fully saturated rings. The Morgan fingerprint density at radius 2 is 1.67 bits per heavy atom. The molecular weight excluding hydrogens is 300 g/mol. The number of ether oxygens (including phenoxy) is 3. The zero-order valence-electron chi connectivity index (χ0n) is 13.5. The molecule has 0 saturated carbocycles. The van der Waals surface area contributed by atoms with Gasteiger partial charge in [0.05, 0.1) is 0 Å². The fourth-order valence-corrected chi connectivity index (χ4v) is 2.81. The van der Waals surface area contributed by atoms with Gasteiger partial charge in [0.15, 0.2) is 11.5 Å². The fraction of sp³-hybridized carbons (Fsp3) is 0.143. The molecule has 0 spiro atoms. The lowest BCUT2D eigenvalue weighted by molar-refractivity contribution is 0.174. The van der Waals surface area contributed by atoms with Crippen molar-refractivity contribution in [2.24, 2.45) is 0 Å². The number of hydrogen-bond donors (Lipinski definition) is 0. The summed E-state index contributed by atoms with van der Waals surface area (Å²) in [6.07, 6.45) is 0. The molecule has 3 aromatic carbocycles. The van der Waals surface area contributed by atoms with Gasteiger partial charge < -0.3 is 14.2 Å². The molecule has 0 amide bonds. The normalized spacial score (nSPS) is 12.2. The van der Waals surface area contributed by atoms with Crippen LogP contribution >= 0.6 is 0 Å². The first-order valence-corrected chi connectivity index (χ1v) is 7.96. The number of benzene rings is 3. The lowest BCUT2D eigenvalue weighted by atomic mass is 10.0. The van der Waals surface area contributed by atoms with Crippen LogP contribution in [0.25, 0.3) is 11.1 Å². The Morgan fingerprint density at radius 1 is 0.833 bits per heavy atom. The summed E-state index contributed by atoms with van der Waals surface area (Å²) in [4.78, 5) is 0. The van der Waals surface area contributed by atoms with Gasteiger partial charge in [0.2, 0.25) is 6.79 Å². The molecule has 0 radical (unpaired) electrons. The van der Waals surface area contributed by atoms with Crippen molar-refractivity contribution >= 4 is 0 Å². The average molecular weight is 318 g/mol. The Kier molecular flexibility index (Phi) is 3.83. The molecule has 1 aliphatic rings. The second-order valence-corrected chi connectivity index (χ2v) is 5.88. The summed E-state index contributed by atoms with van der Waals surface area (Å²) in [6.45, 7) is 2.93. The van der Waals surface area contributed by atoms with Gasteiger partial charge in [0.25, 0.3) is 0 Å². The minimum Gasteiger partial charge on any atom is -0.489 e. The van der Waals surface area contributed by atoms with Crippen molar-refractivity contribution in [1.82, 2.24) is 0 Å². The molecular formula is C21H18O3. The molecule has 0 aliphatic carbocycles. The van der Waals surface area contributed by atoms with E-state index in [0.717, 1.165) is 39.5 Å². The predicted octanol–water partition coefficient (Wildman–Crippen LogP) is 4.97. The summed E-state index contributed by atoms with van der Waals surface area (Å²) >= 11 is 0. The molecule has 0 unspecified atom stereocenters. The maximum Gasteiger partial charge on any atom is 0.231 e. The highest BCUT2D eigenvalue weighted by Crippen LogP contribution is 2.37. The third kappa shape index (κ3) is 3.06. The van der Waals surface area contributed by atoms with Crippen LogP contribution in [0.5, 0.6) is 17.2 Å². The van der Waals surface area contributed by atoms with Crippen LogP contribution in [0.2, 0.25) is 0 Å². The van der Waals surface area contributed by atoms with Gasteiger partial charge in [0.1, 0.15) is 12.4 Å². The molecule has 3 nitrogen and oxygen atoms in total. The highest BCUT2D eigenvalue weighted by atomic mass is 16.7. The smallest absolute Gasteiger partial charge is 0.231 e. The van der Waals surface area contributed by atoms with E-state index in [2.05, 4.69) is 37.3 Å². The number of fused-ring (bicyclic) bond motifs is 1. The van der Waals surface area contributed by atoms with Crippen LogP contribution in [-0.2, 0) is 6.61 Å². The van der Waals surface area contributed by atoms with Crippen molar-refractivity contribution in [1.29, 1.82) is 0 Å².